The third kappa shape index (κ3) is 3.35. The SMILES string of the molecule is Cc1cccc(NC(=O)c2c(C)oc(C)c2Br)c1C(=O)N1CCCC1. The maximum Gasteiger partial charge on any atom is 0.260 e. The maximum absolute atomic E-state index is 12.9. The normalized spacial score (nSPS) is 14.0. The van der Waals surface area contributed by atoms with Crippen molar-refractivity contribution in [1.82, 2.24) is 4.90 Å². The zero-order valence-corrected chi connectivity index (χ0v) is 16.2. The van der Waals surface area contributed by atoms with Crippen LogP contribution in [0.3, 0.4) is 0 Å². The number of benzene rings is 1. The smallest absolute Gasteiger partial charge is 0.260 e. The molecule has 0 saturated carbocycles. The first kappa shape index (κ1) is 17.7. The van der Waals surface area contributed by atoms with Crippen LogP contribution in [0.5, 0.6) is 0 Å². The van der Waals surface area contributed by atoms with Crippen LogP contribution in [0.4, 0.5) is 5.69 Å². The number of carbonyl (C=O) groups excluding carboxylic acids is 2. The second-order valence-electron chi connectivity index (χ2n) is 6.35. The molecule has 2 heterocycles. The molecule has 1 aliphatic heterocycles. The number of rotatable bonds is 3. The lowest BCUT2D eigenvalue weighted by atomic mass is 10.0. The number of hydrogen-bond donors (Lipinski definition) is 1. The largest absolute Gasteiger partial charge is 0.465 e. The number of aryl methyl sites for hydroxylation is 3. The van der Waals surface area contributed by atoms with E-state index in [1.165, 1.54) is 0 Å². The van der Waals surface area contributed by atoms with Gasteiger partial charge in [0.1, 0.15) is 11.5 Å². The second kappa shape index (κ2) is 7.04. The maximum atomic E-state index is 12.9. The number of amides is 2. The highest BCUT2D eigenvalue weighted by atomic mass is 79.9. The molecular formula is C19H21BrN2O3. The summed E-state index contributed by atoms with van der Waals surface area (Å²) < 4.78 is 6.15. The van der Waals surface area contributed by atoms with Crippen LogP contribution in [0.25, 0.3) is 0 Å². The van der Waals surface area contributed by atoms with Crippen LogP contribution in [0, 0.1) is 20.8 Å². The van der Waals surface area contributed by atoms with Crippen LogP contribution in [0.2, 0.25) is 0 Å². The third-order valence-corrected chi connectivity index (χ3v) is 5.50. The van der Waals surface area contributed by atoms with Crippen molar-refractivity contribution in [2.45, 2.75) is 33.6 Å². The molecule has 0 aliphatic carbocycles. The Labute approximate surface area is 155 Å². The summed E-state index contributed by atoms with van der Waals surface area (Å²) in [6, 6.07) is 5.50. The summed E-state index contributed by atoms with van der Waals surface area (Å²) in [6.07, 6.45) is 2.06. The molecule has 3 rings (SSSR count). The molecule has 0 unspecified atom stereocenters. The lowest BCUT2D eigenvalue weighted by molar-refractivity contribution is 0.0793. The average molecular weight is 405 g/mol. The molecule has 5 nitrogen and oxygen atoms in total. The fourth-order valence-electron chi connectivity index (χ4n) is 3.23. The Morgan fingerprint density at radius 1 is 1.08 bits per heavy atom. The zero-order valence-electron chi connectivity index (χ0n) is 14.6. The number of anilines is 1. The van der Waals surface area contributed by atoms with Crippen molar-refractivity contribution >= 4 is 33.4 Å². The summed E-state index contributed by atoms with van der Waals surface area (Å²) in [6.45, 7) is 6.97. The molecule has 2 aromatic rings. The van der Waals surface area contributed by atoms with Crippen molar-refractivity contribution in [3.8, 4) is 0 Å². The molecule has 25 heavy (non-hydrogen) atoms. The van der Waals surface area contributed by atoms with Crippen LogP contribution in [-0.2, 0) is 0 Å². The standard InChI is InChI=1S/C19H21BrN2O3/c1-11-7-6-8-14(15(11)19(24)22-9-4-5-10-22)21-18(23)16-12(2)25-13(3)17(16)20/h6-8H,4-5,9-10H2,1-3H3,(H,21,23). The van der Waals surface area contributed by atoms with Crippen LogP contribution < -0.4 is 5.32 Å². The van der Waals surface area contributed by atoms with E-state index in [0.29, 0.717) is 32.8 Å². The quantitative estimate of drug-likeness (QED) is 0.821. The molecule has 1 aromatic carbocycles. The van der Waals surface area contributed by atoms with E-state index in [4.69, 9.17) is 4.42 Å². The van der Waals surface area contributed by atoms with E-state index in [-0.39, 0.29) is 11.8 Å². The Kier molecular flexibility index (Phi) is 4.99. The van der Waals surface area contributed by atoms with Gasteiger partial charge in [-0.2, -0.15) is 0 Å². The summed E-state index contributed by atoms with van der Waals surface area (Å²) in [5.41, 5.74) is 2.41. The van der Waals surface area contributed by atoms with Gasteiger partial charge in [0, 0.05) is 13.1 Å². The van der Waals surface area contributed by atoms with Gasteiger partial charge in [-0.3, -0.25) is 9.59 Å². The van der Waals surface area contributed by atoms with Gasteiger partial charge in [-0.05, 0) is 61.2 Å². The van der Waals surface area contributed by atoms with Gasteiger partial charge in [-0.25, -0.2) is 0 Å². The van der Waals surface area contributed by atoms with E-state index in [9.17, 15) is 9.59 Å². The molecule has 1 aliphatic rings. The van der Waals surface area contributed by atoms with E-state index in [2.05, 4.69) is 21.2 Å². The summed E-state index contributed by atoms with van der Waals surface area (Å²) in [5.74, 6) is 0.884. The molecule has 2 amide bonds. The van der Waals surface area contributed by atoms with E-state index >= 15 is 0 Å². The predicted octanol–water partition coefficient (Wildman–Crippen LogP) is 4.46. The van der Waals surface area contributed by atoms with E-state index in [1.54, 1.807) is 19.9 Å². The first-order valence-electron chi connectivity index (χ1n) is 8.36. The van der Waals surface area contributed by atoms with E-state index in [0.717, 1.165) is 31.5 Å². The molecule has 1 saturated heterocycles. The van der Waals surface area contributed by atoms with Crippen LogP contribution >= 0.6 is 15.9 Å². The number of carbonyl (C=O) groups is 2. The molecule has 0 bridgehead atoms. The van der Waals surface area contributed by atoms with Crippen molar-refractivity contribution in [1.29, 1.82) is 0 Å². The van der Waals surface area contributed by atoms with Gasteiger partial charge >= 0.3 is 0 Å². The molecule has 1 N–H and O–H groups in total. The molecule has 132 valence electrons. The fourth-order valence-corrected chi connectivity index (χ4v) is 3.77. The molecular weight excluding hydrogens is 384 g/mol. The van der Waals surface area contributed by atoms with Crippen molar-refractivity contribution in [2.75, 3.05) is 18.4 Å². The highest BCUT2D eigenvalue weighted by molar-refractivity contribution is 9.10. The highest BCUT2D eigenvalue weighted by Gasteiger charge is 2.26. The monoisotopic (exact) mass is 404 g/mol. The molecule has 0 spiro atoms. The topological polar surface area (TPSA) is 62.6 Å². The van der Waals surface area contributed by atoms with Crippen LogP contribution in [0.15, 0.2) is 27.1 Å². The van der Waals surface area contributed by atoms with Crippen LogP contribution in [0.1, 0.15) is 50.6 Å². The average Bonchev–Trinajstić information content (AvgIpc) is 3.16. The number of nitrogens with zero attached hydrogens (tertiary/aromatic N) is 1. The number of halogens is 1. The van der Waals surface area contributed by atoms with Gasteiger partial charge in [0.15, 0.2) is 0 Å². The number of nitrogens with one attached hydrogen (secondary N) is 1. The van der Waals surface area contributed by atoms with Crippen molar-refractivity contribution in [3.05, 3.63) is 50.9 Å². The molecule has 6 heteroatoms. The third-order valence-electron chi connectivity index (χ3n) is 4.54. The minimum absolute atomic E-state index is 0.0231. The Balaban J connectivity index is 1.94. The van der Waals surface area contributed by atoms with Crippen molar-refractivity contribution < 1.29 is 14.0 Å². The van der Waals surface area contributed by atoms with Crippen molar-refractivity contribution in [3.63, 3.8) is 0 Å². The Hall–Kier alpha value is -2.08. The van der Waals surface area contributed by atoms with Gasteiger partial charge in [-0.15, -0.1) is 0 Å². The Morgan fingerprint density at radius 2 is 1.76 bits per heavy atom. The number of hydrogen-bond acceptors (Lipinski definition) is 3. The van der Waals surface area contributed by atoms with Gasteiger partial charge in [-0.1, -0.05) is 12.1 Å². The Bertz CT molecular complexity index is 835. The van der Waals surface area contributed by atoms with E-state index in [1.807, 2.05) is 24.0 Å². The lowest BCUT2D eigenvalue weighted by Gasteiger charge is -2.19. The van der Waals surface area contributed by atoms with Crippen molar-refractivity contribution in [2.24, 2.45) is 0 Å². The minimum atomic E-state index is -0.290. The zero-order chi connectivity index (χ0) is 18.1. The first-order chi connectivity index (χ1) is 11.9. The first-order valence-corrected chi connectivity index (χ1v) is 9.15. The van der Waals surface area contributed by atoms with E-state index < -0.39 is 0 Å². The molecule has 1 aromatic heterocycles. The summed E-state index contributed by atoms with van der Waals surface area (Å²) in [7, 11) is 0. The second-order valence-corrected chi connectivity index (χ2v) is 7.15. The fraction of sp³-hybridized carbons (Fsp3) is 0.368. The predicted molar refractivity (Wildman–Crippen MR) is 100 cm³/mol. The van der Waals surface area contributed by atoms with Crippen LogP contribution in [-0.4, -0.2) is 29.8 Å². The van der Waals surface area contributed by atoms with Gasteiger partial charge in [0.25, 0.3) is 11.8 Å². The molecule has 1 fully saturated rings. The van der Waals surface area contributed by atoms with Gasteiger partial charge in [0.05, 0.1) is 21.3 Å². The summed E-state index contributed by atoms with van der Waals surface area (Å²) in [5, 5.41) is 2.89. The number of likely N-dealkylation sites (tertiary alicyclic amines) is 1. The van der Waals surface area contributed by atoms with Gasteiger partial charge < -0.3 is 14.6 Å². The minimum Gasteiger partial charge on any atom is -0.465 e. The number of furan rings is 1. The highest BCUT2D eigenvalue weighted by Crippen LogP contribution is 2.29. The summed E-state index contributed by atoms with van der Waals surface area (Å²) >= 11 is 3.40. The Morgan fingerprint density at radius 3 is 2.36 bits per heavy atom. The lowest BCUT2D eigenvalue weighted by Crippen LogP contribution is -2.29. The van der Waals surface area contributed by atoms with Gasteiger partial charge in [0.2, 0.25) is 0 Å². The summed E-state index contributed by atoms with van der Waals surface area (Å²) in [4.78, 5) is 27.5. The molecule has 0 atom stereocenters. The molecule has 0 radical (unpaired) electrons.